The van der Waals surface area contributed by atoms with Gasteiger partial charge in [-0.1, -0.05) is 109 Å². The van der Waals surface area contributed by atoms with Crippen LogP contribution in [0.15, 0.2) is 179 Å². The van der Waals surface area contributed by atoms with E-state index in [0.717, 1.165) is 77.2 Å². The molecule has 0 aliphatic carbocycles. The maximum atomic E-state index is 6.74. The SMILES string of the molecule is c1ccc(-c2ccc(N(c3ccccc3)c3cc4c(ccc5c4oc4ccc6nc(-c7ccccc7)oc6c45)c4ccccc34)cc2)cc1. The van der Waals surface area contributed by atoms with Crippen molar-refractivity contribution in [1.29, 1.82) is 0 Å². The Bertz CT molecular complexity index is 2800. The fourth-order valence-electron chi connectivity index (χ4n) is 7.19. The number of hydrogen-bond acceptors (Lipinski definition) is 4. The summed E-state index contributed by atoms with van der Waals surface area (Å²) >= 11 is 0. The van der Waals surface area contributed by atoms with Gasteiger partial charge in [0.05, 0.1) is 11.1 Å². The van der Waals surface area contributed by atoms with Crippen LogP contribution >= 0.6 is 0 Å². The minimum atomic E-state index is 0.600. The number of aromatic nitrogens is 1. The topological polar surface area (TPSA) is 42.4 Å². The molecule has 0 atom stereocenters. The zero-order valence-corrected chi connectivity index (χ0v) is 26.4. The van der Waals surface area contributed by atoms with Crippen molar-refractivity contribution in [2.24, 2.45) is 0 Å². The summed E-state index contributed by atoms with van der Waals surface area (Å²) in [6.07, 6.45) is 0. The zero-order chi connectivity index (χ0) is 32.3. The second kappa shape index (κ2) is 11.0. The molecule has 0 spiro atoms. The van der Waals surface area contributed by atoms with Crippen molar-refractivity contribution in [3.05, 3.63) is 170 Å². The monoisotopic (exact) mass is 628 g/mol. The molecule has 0 saturated carbocycles. The fourth-order valence-corrected chi connectivity index (χ4v) is 7.19. The largest absolute Gasteiger partial charge is 0.455 e. The Labute approximate surface area is 282 Å². The zero-order valence-electron chi connectivity index (χ0n) is 26.4. The number of nitrogens with zero attached hydrogens (tertiary/aromatic N) is 2. The molecular weight excluding hydrogens is 601 g/mol. The number of oxazole rings is 1. The lowest BCUT2D eigenvalue weighted by Crippen LogP contribution is -2.10. The summed E-state index contributed by atoms with van der Waals surface area (Å²) in [5, 5.41) is 6.44. The van der Waals surface area contributed by atoms with E-state index in [1.165, 1.54) is 11.1 Å². The highest BCUT2D eigenvalue weighted by Gasteiger charge is 2.22. The summed E-state index contributed by atoms with van der Waals surface area (Å²) in [7, 11) is 0. The van der Waals surface area contributed by atoms with Gasteiger partial charge in [0, 0.05) is 33.1 Å². The minimum absolute atomic E-state index is 0.600. The van der Waals surface area contributed by atoms with Gasteiger partial charge in [-0.05, 0) is 82.6 Å². The van der Waals surface area contributed by atoms with Crippen LogP contribution in [0.3, 0.4) is 0 Å². The van der Waals surface area contributed by atoms with Crippen molar-refractivity contribution in [2.75, 3.05) is 4.90 Å². The molecule has 2 aromatic heterocycles. The molecule has 0 aliphatic rings. The van der Waals surface area contributed by atoms with Crippen molar-refractivity contribution in [3.8, 4) is 22.6 Å². The van der Waals surface area contributed by atoms with Gasteiger partial charge in [0.2, 0.25) is 5.89 Å². The Morgan fingerprint density at radius 3 is 1.76 bits per heavy atom. The van der Waals surface area contributed by atoms with E-state index in [2.05, 4.69) is 132 Å². The molecule has 0 saturated heterocycles. The molecule has 0 amide bonds. The Morgan fingerprint density at radius 1 is 0.408 bits per heavy atom. The average Bonchev–Trinajstić information content (AvgIpc) is 3.79. The number of anilines is 3. The molecule has 10 aromatic rings. The molecule has 0 N–H and O–H groups in total. The summed E-state index contributed by atoms with van der Waals surface area (Å²) in [4.78, 5) is 7.18. The van der Waals surface area contributed by atoms with Crippen molar-refractivity contribution in [3.63, 3.8) is 0 Å². The minimum Gasteiger partial charge on any atom is -0.455 e. The second-order valence-corrected chi connectivity index (χ2v) is 12.3. The van der Waals surface area contributed by atoms with Gasteiger partial charge in [0.15, 0.2) is 5.58 Å². The summed E-state index contributed by atoms with van der Waals surface area (Å²) in [6.45, 7) is 0. The Hall–Kier alpha value is -6.65. The lowest BCUT2D eigenvalue weighted by Gasteiger charge is -2.27. The number of fused-ring (bicyclic) bond motifs is 9. The van der Waals surface area contributed by atoms with Gasteiger partial charge in [0.1, 0.15) is 16.7 Å². The maximum Gasteiger partial charge on any atom is 0.227 e. The van der Waals surface area contributed by atoms with Crippen LogP contribution in [0, 0.1) is 0 Å². The number of para-hydroxylation sites is 1. The van der Waals surface area contributed by atoms with Crippen LogP contribution in [0.25, 0.3) is 77.2 Å². The molecule has 8 aromatic carbocycles. The molecule has 0 fully saturated rings. The van der Waals surface area contributed by atoms with Crippen LogP contribution < -0.4 is 4.90 Å². The third-order valence-corrected chi connectivity index (χ3v) is 9.48. The predicted molar refractivity (Wildman–Crippen MR) is 202 cm³/mol. The average molecular weight is 629 g/mol. The van der Waals surface area contributed by atoms with Gasteiger partial charge in [-0.25, -0.2) is 4.98 Å². The molecule has 0 radical (unpaired) electrons. The van der Waals surface area contributed by atoms with Crippen molar-refractivity contribution < 1.29 is 8.83 Å². The summed E-state index contributed by atoms with van der Waals surface area (Å²) < 4.78 is 13.2. The van der Waals surface area contributed by atoms with E-state index in [0.29, 0.717) is 5.89 Å². The number of hydrogen-bond donors (Lipinski definition) is 0. The van der Waals surface area contributed by atoms with E-state index in [4.69, 9.17) is 13.8 Å². The Morgan fingerprint density at radius 2 is 1.00 bits per heavy atom. The summed E-state index contributed by atoms with van der Waals surface area (Å²) in [5.74, 6) is 0.600. The van der Waals surface area contributed by atoms with Gasteiger partial charge >= 0.3 is 0 Å². The smallest absolute Gasteiger partial charge is 0.227 e. The molecule has 4 heteroatoms. The van der Waals surface area contributed by atoms with Crippen molar-refractivity contribution in [2.45, 2.75) is 0 Å². The van der Waals surface area contributed by atoms with E-state index < -0.39 is 0 Å². The normalized spacial score (nSPS) is 11.7. The van der Waals surface area contributed by atoms with Gasteiger partial charge < -0.3 is 13.7 Å². The van der Waals surface area contributed by atoms with E-state index in [9.17, 15) is 0 Å². The molecule has 230 valence electrons. The van der Waals surface area contributed by atoms with Gasteiger partial charge in [-0.15, -0.1) is 0 Å². The van der Waals surface area contributed by atoms with Gasteiger partial charge in [-0.3, -0.25) is 0 Å². The lowest BCUT2D eigenvalue weighted by atomic mass is 9.97. The molecule has 10 rings (SSSR count). The van der Waals surface area contributed by atoms with Crippen molar-refractivity contribution >= 4 is 71.6 Å². The standard InChI is InChI=1S/C45H28N2O2/c1-4-12-29(13-5-1)30-20-22-33(23-21-30)47(32-16-8-3-9-17-32)40-28-38-35(34-18-10-11-19-36(34)40)24-25-37-42-41(48-43(37)38)27-26-39-44(42)49-45(46-39)31-14-6-2-7-15-31/h1-28H. The Kier molecular flexibility index (Phi) is 6.15. The van der Waals surface area contributed by atoms with Crippen LogP contribution in [0.2, 0.25) is 0 Å². The van der Waals surface area contributed by atoms with E-state index in [1.54, 1.807) is 0 Å². The van der Waals surface area contributed by atoms with Crippen molar-refractivity contribution in [1.82, 2.24) is 4.98 Å². The van der Waals surface area contributed by atoms with E-state index >= 15 is 0 Å². The molecule has 4 nitrogen and oxygen atoms in total. The van der Waals surface area contributed by atoms with Crippen LogP contribution in [0.5, 0.6) is 0 Å². The number of benzene rings is 8. The lowest BCUT2D eigenvalue weighted by molar-refractivity contribution is 0.622. The third-order valence-electron chi connectivity index (χ3n) is 9.48. The molecule has 0 aliphatic heterocycles. The molecule has 2 heterocycles. The number of furan rings is 1. The number of rotatable bonds is 5. The molecule has 0 bridgehead atoms. The highest BCUT2D eigenvalue weighted by molar-refractivity contribution is 6.26. The predicted octanol–water partition coefficient (Wildman–Crippen LogP) is 12.8. The first-order valence-corrected chi connectivity index (χ1v) is 16.5. The molecule has 49 heavy (non-hydrogen) atoms. The maximum absolute atomic E-state index is 6.74. The first-order valence-electron chi connectivity index (χ1n) is 16.5. The fraction of sp³-hybridized carbons (Fsp3) is 0. The summed E-state index contributed by atoms with van der Waals surface area (Å²) in [5.41, 5.74) is 9.69. The summed E-state index contributed by atoms with van der Waals surface area (Å²) in [6, 6.07) is 59.2. The first-order chi connectivity index (χ1) is 24.3. The van der Waals surface area contributed by atoms with E-state index in [1.807, 2.05) is 42.5 Å². The molecule has 0 unspecified atom stereocenters. The van der Waals surface area contributed by atoms with Crippen LogP contribution in [0.4, 0.5) is 17.1 Å². The highest BCUT2D eigenvalue weighted by Crippen LogP contribution is 2.46. The van der Waals surface area contributed by atoms with E-state index in [-0.39, 0.29) is 0 Å². The van der Waals surface area contributed by atoms with Gasteiger partial charge in [0.25, 0.3) is 0 Å². The quantitative estimate of drug-likeness (QED) is 0.178. The first kappa shape index (κ1) is 27.5. The molecular formula is C45H28N2O2. The van der Waals surface area contributed by atoms with Crippen LogP contribution in [0.1, 0.15) is 0 Å². The van der Waals surface area contributed by atoms with Crippen LogP contribution in [-0.2, 0) is 0 Å². The van der Waals surface area contributed by atoms with Crippen LogP contribution in [-0.4, -0.2) is 4.98 Å². The third kappa shape index (κ3) is 4.42. The second-order valence-electron chi connectivity index (χ2n) is 12.3. The Balaban J connectivity index is 1.23. The van der Waals surface area contributed by atoms with Gasteiger partial charge in [-0.2, -0.15) is 0 Å². The highest BCUT2D eigenvalue weighted by atomic mass is 16.4.